The van der Waals surface area contributed by atoms with E-state index in [1.807, 2.05) is 13.0 Å². The summed E-state index contributed by atoms with van der Waals surface area (Å²) in [5, 5.41) is 0. The Bertz CT molecular complexity index is 493. The van der Waals surface area contributed by atoms with Crippen LogP contribution in [0.2, 0.25) is 0 Å². The normalized spacial score (nSPS) is 29.4. The molecule has 5 nitrogen and oxygen atoms in total. The molecule has 2 fully saturated rings. The van der Waals surface area contributed by atoms with Crippen LogP contribution in [0.15, 0.2) is 6.07 Å². The molecule has 21 heavy (non-hydrogen) atoms. The smallest absolute Gasteiger partial charge is 0.162 e. The van der Waals surface area contributed by atoms with E-state index in [-0.39, 0.29) is 5.60 Å². The van der Waals surface area contributed by atoms with Gasteiger partial charge in [-0.2, -0.15) is 0 Å². The van der Waals surface area contributed by atoms with E-state index in [0.717, 1.165) is 30.3 Å². The van der Waals surface area contributed by atoms with E-state index in [4.69, 9.17) is 15.6 Å². The molecule has 2 aliphatic rings. The molecule has 0 atom stereocenters. The van der Waals surface area contributed by atoms with E-state index in [0.29, 0.717) is 18.3 Å². The second-order valence-corrected chi connectivity index (χ2v) is 6.53. The van der Waals surface area contributed by atoms with Crippen molar-refractivity contribution in [1.82, 2.24) is 9.97 Å². The number of rotatable bonds is 5. The van der Waals surface area contributed by atoms with Crippen LogP contribution in [0.5, 0.6) is 0 Å². The molecule has 116 valence electrons. The molecule has 0 unspecified atom stereocenters. The molecule has 0 spiro atoms. The third-order valence-electron chi connectivity index (χ3n) is 4.80. The molecule has 0 aromatic carbocycles. The quantitative estimate of drug-likeness (QED) is 0.644. The number of nitrogen functional groups attached to an aromatic ring is 1. The van der Waals surface area contributed by atoms with Crippen molar-refractivity contribution in [3.8, 4) is 0 Å². The van der Waals surface area contributed by atoms with Crippen LogP contribution in [0.1, 0.15) is 69.8 Å². The number of hydrogen-bond donors (Lipinski definition) is 2. The van der Waals surface area contributed by atoms with Gasteiger partial charge in [0, 0.05) is 24.3 Å². The van der Waals surface area contributed by atoms with Gasteiger partial charge >= 0.3 is 0 Å². The second-order valence-electron chi connectivity index (χ2n) is 6.53. The number of anilines is 1. The minimum Gasteiger partial charge on any atom is -0.367 e. The van der Waals surface area contributed by atoms with E-state index >= 15 is 0 Å². The van der Waals surface area contributed by atoms with Crippen molar-refractivity contribution in [3.63, 3.8) is 0 Å². The zero-order chi connectivity index (χ0) is 14.9. The third-order valence-corrected chi connectivity index (χ3v) is 4.80. The lowest BCUT2D eigenvalue weighted by atomic mass is 9.78. The summed E-state index contributed by atoms with van der Waals surface area (Å²) in [6.07, 6.45) is 6.78. The fraction of sp³-hybridized carbons (Fsp3) is 0.750. The summed E-state index contributed by atoms with van der Waals surface area (Å²) in [6.45, 7) is 5.05. The molecule has 1 aromatic heterocycles. The maximum atomic E-state index is 6.17. The van der Waals surface area contributed by atoms with Gasteiger partial charge in [0.15, 0.2) is 5.82 Å². The van der Waals surface area contributed by atoms with Gasteiger partial charge in [-0.05, 0) is 51.4 Å². The number of nitrogens with one attached hydrogen (secondary N) is 1. The molecular weight excluding hydrogens is 264 g/mol. The first-order valence-electron chi connectivity index (χ1n) is 8.17. The van der Waals surface area contributed by atoms with Gasteiger partial charge in [0.05, 0.1) is 0 Å². The highest BCUT2D eigenvalue weighted by Gasteiger charge is 2.40. The molecule has 0 radical (unpaired) electrons. The average molecular weight is 290 g/mol. The van der Waals surface area contributed by atoms with Crippen LogP contribution in [0.4, 0.5) is 5.82 Å². The summed E-state index contributed by atoms with van der Waals surface area (Å²) in [7, 11) is 0. The molecule has 0 aliphatic heterocycles. The van der Waals surface area contributed by atoms with Crippen molar-refractivity contribution in [1.29, 1.82) is 0 Å². The maximum absolute atomic E-state index is 6.17. The molecule has 1 aromatic rings. The van der Waals surface area contributed by atoms with E-state index in [1.54, 1.807) is 0 Å². The van der Waals surface area contributed by atoms with E-state index in [2.05, 4.69) is 17.3 Å². The first-order valence-corrected chi connectivity index (χ1v) is 8.17. The largest absolute Gasteiger partial charge is 0.367 e. The van der Waals surface area contributed by atoms with Crippen molar-refractivity contribution in [2.24, 2.45) is 11.8 Å². The first-order chi connectivity index (χ1) is 10.2. The highest BCUT2D eigenvalue weighted by atomic mass is 16.5. The standard InChI is InChI=1S/C16H26N4O/c1-3-21-16(8-6-11(2)7-9-16)15-18-13(12-4-5-12)10-14(19-15)20-17/h10-12H,3-9,17H2,1-2H3,(H,18,19,20). The number of ether oxygens (including phenoxy) is 1. The minimum absolute atomic E-state index is 0.322. The zero-order valence-corrected chi connectivity index (χ0v) is 13.1. The Morgan fingerprint density at radius 1 is 1.29 bits per heavy atom. The number of aromatic nitrogens is 2. The molecule has 2 aliphatic carbocycles. The van der Waals surface area contributed by atoms with Gasteiger partial charge in [-0.1, -0.05) is 6.92 Å². The van der Waals surface area contributed by atoms with Gasteiger partial charge < -0.3 is 10.2 Å². The SMILES string of the molecule is CCOC1(c2nc(NN)cc(C3CC3)n2)CCC(C)CC1. The molecule has 0 saturated heterocycles. The molecule has 3 rings (SSSR count). The topological polar surface area (TPSA) is 73.1 Å². The van der Waals surface area contributed by atoms with E-state index in [1.165, 1.54) is 25.7 Å². The lowest BCUT2D eigenvalue weighted by Gasteiger charge is -2.38. The molecule has 0 amide bonds. The number of hydrazine groups is 1. The van der Waals surface area contributed by atoms with Crippen LogP contribution < -0.4 is 11.3 Å². The lowest BCUT2D eigenvalue weighted by Crippen LogP contribution is -2.36. The number of nitrogens with zero attached hydrogens (tertiary/aromatic N) is 2. The molecule has 1 heterocycles. The van der Waals surface area contributed by atoms with Crippen LogP contribution in [0.25, 0.3) is 0 Å². The number of hydrogen-bond acceptors (Lipinski definition) is 5. The Hall–Kier alpha value is -1.20. The van der Waals surface area contributed by atoms with Gasteiger partial charge in [-0.3, -0.25) is 0 Å². The summed E-state index contributed by atoms with van der Waals surface area (Å²) in [6, 6.07) is 1.98. The second kappa shape index (κ2) is 5.89. The molecule has 5 heteroatoms. The van der Waals surface area contributed by atoms with Gasteiger partial charge in [0.1, 0.15) is 11.4 Å². The van der Waals surface area contributed by atoms with Crippen LogP contribution >= 0.6 is 0 Å². The summed E-state index contributed by atoms with van der Waals surface area (Å²) in [5.74, 6) is 8.48. The van der Waals surface area contributed by atoms with Gasteiger partial charge in [-0.25, -0.2) is 15.8 Å². The predicted molar refractivity (Wildman–Crippen MR) is 82.8 cm³/mol. The Morgan fingerprint density at radius 3 is 2.57 bits per heavy atom. The lowest BCUT2D eigenvalue weighted by molar-refractivity contribution is -0.0837. The summed E-state index contributed by atoms with van der Waals surface area (Å²) < 4.78 is 6.17. The molecule has 2 saturated carbocycles. The Balaban J connectivity index is 1.96. The minimum atomic E-state index is -0.322. The maximum Gasteiger partial charge on any atom is 0.162 e. The van der Waals surface area contributed by atoms with Crippen LogP contribution in [-0.4, -0.2) is 16.6 Å². The average Bonchev–Trinajstić information content (AvgIpc) is 3.34. The zero-order valence-electron chi connectivity index (χ0n) is 13.1. The van der Waals surface area contributed by atoms with Gasteiger partial charge in [0.25, 0.3) is 0 Å². The van der Waals surface area contributed by atoms with Crippen LogP contribution in [-0.2, 0) is 10.3 Å². The summed E-state index contributed by atoms with van der Waals surface area (Å²) in [5.41, 5.74) is 3.49. The monoisotopic (exact) mass is 290 g/mol. The number of nitrogens with two attached hydrogens (primary N) is 1. The highest BCUT2D eigenvalue weighted by Crippen LogP contribution is 2.44. The summed E-state index contributed by atoms with van der Waals surface area (Å²) >= 11 is 0. The van der Waals surface area contributed by atoms with E-state index < -0.39 is 0 Å². The Labute approximate surface area is 126 Å². The van der Waals surface area contributed by atoms with Crippen molar-refractivity contribution >= 4 is 5.82 Å². The fourth-order valence-corrected chi connectivity index (χ4v) is 3.27. The first kappa shape index (κ1) is 14.7. The molecular formula is C16H26N4O. The van der Waals surface area contributed by atoms with Crippen molar-refractivity contribution < 1.29 is 4.74 Å². The van der Waals surface area contributed by atoms with Gasteiger partial charge in [0.2, 0.25) is 0 Å². The van der Waals surface area contributed by atoms with Crippen molar-refractivity contribution in [2.75, 3.05) is 12.0 Å². The Kier molecular flexibility index (Phi) is 4.13. The van der Waals surface area contributed by atoms with Crippen LogP contribution in [0, 0.1) is 5.92 Å². The van der Waals surface area contributed by atoms with Crippen molar-refractivity contribution in [3.05, 3.63) is 17.6 Å². The highest BCUT2D eigenvalue weighted by molar-refractivity contribution is 5.37. The Morgan fingerprint density at radius 2 is 2.00 bits per heavy atom. The molecule has 3 N–H and O–H groups in total. The van der Waals surface area contributed by atoms with E-state index in [9.17, 15) is 0 Å². The molecule has 0 bridgehead atoms. The summed E-state index contributed by atoms with van der Waals surface area (Å²) in [4.78, 5) is 9.48. The fourth-order valence-electron chi connectivity index (χ4n) is 3.27. The van der Waals surface area contributed by atoms with Crippen molar-refractivity contribution in [2.45, 2.75) is 63.9 Å². The van der Waals surface area contributed by atoms with Crippen LogP contribution in [0.3, 0.4) is 0 Å². The predicted octanol–water partition coefficient (Wildman–Crippen LogP) is 3.08. The third kappa shape index (κ3) is 3.04. The van der Waals surface area contributed by atoms with Gasteiger partial charge in [-0.15, -0.1) is 0 Å².